The highest BCUT2D eigenvalue weighted by Crippen LogP contribution is 2.34. The fraction of sp³-hybridized carbons (Fsp3) is 0.571. The number of amides is 1. The van der Waals surface area contributed by atoms with Crippen LogP contribution in [0, 0.1) is 12.8 Å². The maximum absolute atomic E-state index is 12.5. The molecule has 0 atom stereocenters. The summed E-state index contributed by atoms with van der Waals surface area (Å²) in [6.45, 7) is 3.41. The van der Waals surface area contributed by atoms with Gasteiger partial charge in [-0.2, -0.15) is 0 Å². The molecule has 1 N–H and O–H groups in total. The van der Waals surface area contributed by atoms with Gasteiger partial charge in [-0.3, -0.25) is 9.59 Å². The number of carbonyl (C=O) groups is 2. The standard InChI is InChI=1S/C14H19NO2S/c1-9-8-18-14(12(9)15-10(2)16)13(17)11-6-4-3-5-7-11/h8,11H,3-7H2,1-2H3,(H,15,16). The molecule has 0 bridgehead atoms. The average molecular weight is 265 g/mol. The first kappa shape index (κ1) is 13.3. The van der Waals surface area contributed by atoms with Crippen LogP contribution in [0.1, 0.15) is 54.3 Å². The van der Waals surface area contributed by atoms with E-state index in [0.717, 1.165) is 41.8 Å². The Balaban J connectivity index is 2.21. The van der Waals surface area contributed by atoms with Gasteiger partial charge in [-0.05, 0) is 30.7 Å². The predicted octanol–water partition coefficient (Wildman–Crippen LogP) is 3.78. The highest BCUT2D eigenvalue weighted by atomic mass is 32.1. The Morgan fingerprint density at radius 3 is 2.56 bits per heavy atom. The molecular weight excluding hydrogens is 246 g/mol. The van der Waals surface area contributed by atoms with Gasteiger partial charge in [0.05, 0.1) is 10.6 Å². The average Bonchev–Trinajstić information content (AvgIpc) is 2.71. The van der Waals surface area contributed by atoms with Crippen molar-refractivity contribution in [2.24, 2.45) is 5.92 Å². The second-order valence-electron chi connectivity index (χ2n) is 5.00. The summed E-state index contributed by atoms with van der Waals surface area (Å²) in [5.74, 6) is 0.259. The number of anilines is 1. The van der Waals surface area contributed by atoms with Gasteiger partial charge in [0, 0.05) is 12.8 Å². The molecule has 1 aromatic heterocycles. The molecule has 2 rings (SSSR count). The van der Waals surface area contributed by atoms with E-state index in [0.29, 0.717) is 0 Å². The molecule has 1 aliphatic carbocycles. The maximum Gasteiger partial charge on any atom is 0.221 e. The molecule has 98 valence electrons. The Kier molecular flexibility index (Phi) is 4.17. The van der Waals surface area contributed by atoms with Gasteiger partial charge in [0.15, 0.2) is 5.78 Å². The van der Waals surface area contributed by atoms with Crippen LogP contribution >= 0.6 is 11.3 Å². The van der Waals surface area contributed by atoms with Crippen LogP contribution in [0.4, 0.5) is 5.69 Å². The van der Waals surface area contributed by atoms with Crippen LogP contribution in [0.15, 0.2) is 5.38 Å². The zero-order valence-electron chi connectivity index (χ0n) is 10.9. The Bertz CT molecular complexity index is 458. The first-order chi connectivity index (χ1) is 8.59. The van der Waals surface area contributed by atoms with Crippen LogP contribution in [-0.4, -0.2) is 11.7 Å². The third-order valence-corrected chi connectivity index (χ3v) is 4.59. The van der Waals surface area contributed by atoms with E-state index in [1.165, 1.54) is 24.7 Å². The summed E-state index contributed by atoms with van der Waals surface area (Å²) in [6, 6.07) is 0. The van der Waals surface area contributed by atoms with E-state index in [1.807, 2.05) is 12.3 Å². The number of thiophene rings is 1. The van der Waals surface area contributed by atoms with Crippen LogP contribution in [0.25, 0.3) is 0 Å². The highest BCUT2D eigenvalue weighted by Gasteiger charge is 2.26. The molecule has 18 heavy (non-hydrogen) atoms. The van der Waals surface area contributed by atoms with Crippen LogP contribution < -0.4 is 5.32 Å². The van der Waals surface area contributed by atoms with Crippen molar-refractivity contribution in [3.8, 4) is 0 Å². The van der Waals surface area contributed by atoms with Gasteiger partial charge in [-0.1, -0.05) is 19.3 Å². The minimum absolute atomic E-state index is 0.116. The highest BCUT2D eigenvalue weighted by molar-refractivity contribution is 7.13. The first-order valence-corrected chi connectivity index (χ1v) is 7.37. The third kappa shape index (κ3) is 2.80. The van der Waals surface area contributed by atoms with Crippen molar-refractivity contribution in [1.82, 2.24) is 0 Å². The maximum atomic E-state index is 12.5. The summed E-state index contributed by atoms with van der Waals surface area (Å²) in [6.07, 6.45) is 5.53. The quantitative estimate of drug-likeness (QED) is 0.845. The van der Waals surface area contributed by atoms with Crippen molar-refractivity contribution in [3.63, 3.8) is 0 Å². The minimum Gasteiger partial charge on any atom is -0.325 e. The lowest BCUT2D eigenvalue weighted by molar-refractivity contribution is -0.114. The number of nitrogens with one attached hydrogen (secondary N) is 1. The van der Waals surface area contributed by atoms with Crippen molar-refractivity contribution in [1.29, 1.82) is 0 Å². The fourth-order valence-electron chi connectivity index (χ4n) is 2.51. The minimum atomic E-state index is -0.116. The topological polar surface area (TPSA) is 46.2 Å². The van der Waals surface area contributed by atoms with Crippen LogP contribution in [0.5, 0.6) is 0 Å². The summed E-state index contributed by atoms with van der Waals surface area (Å²) in [5.41, 5.74) is 1.71. The summed E-state index contributed by atoms with van der Waals surface area (Å²) in [4.78, 5) is 24.4. The number of Topliss-reactive ketones (excluding diaryl/α,β-unsaturated/α-hetero) is 1. The predicted molar refractivity (Wildman–Crippen MR) is 74.3 cm³/mol. The van der Waals surface area contributed by atoms with Crippen molar-refractivity contribution in [3.05, 3.63) is 15.8 Å². The van der Waals surface area contributed by atoms with Crippen LogP contribution in [-0.2, 0) is 4.79 Å². The molecule has 0 saturated heterocycles. The number of hydrogen-bond acceptors (Lipinski definition) is 3. The fourth-order valence-corrected chi connectivity index (χ4v) is 3.53. The van der Waals surface area contributed by atoms with Crippen molar-refractivity contribution < 1.29 is 9.59 Å². The number of carbonyl (C=O) groups excluding carboxylic acids is 2. The largest absolute Gasteiger partial charge is 0.325 e. The molecule has 0 unspecified atom stereocenters. The number of ketones is 1. The number of hydrogen-bond donors (Lipinski definition) is 1. The molecule has 0 aliphatic heterocycles. The zero-order valence-corrected chi connectivity index (χ0v) is 11.7. The molecule has 0 aromatic carbocycles. The van der Waals surface area contributed by atoms with E-state index in [-0.39, 0.29) is 17.6 Å². The molecule has 1 aromatic rings. The van der Waals surface area contributed by atoms with Crippen molar-refractivity contribution >= 4 is 28.7 Å². The summed E-state index contributed by atoms with van der Waals surface area (Å²) in [7, 11) is 0. The van der Waals surface area contributed by atoms with Gasteiger partial charge < -0.3 is 5.32 Å². The molecular formula is C14H19NO2S. The lowest BCUT2D eigenvalue weighted by Crippen LogP contribution is -2.19. The van der Waals surface area contributed by atoms with Crippen molar-refractivity contribution in [2.75, 3.05) is 5.32 Å². The molecule has 0 spiro atoms. The van der Waals surface area contributed by atoms with Gasteiger partial charge in [0.1, 0.15) is 0 Å². The molecule has 1 saturated carbocycles. The van der Waals surface area contributed by atoms with Crippen LogP contribution in [0.2, 0.25) is 0 Å². The second-order valence-corrected chi connectivity index (χ2v) is 5.88. The number of rotatable bonds is 3. The smallest absolute Gasteiger partial charge is 0.221 e. The van der Waals surface area contributed by atoms with E-state index in [2.05, 4.69) is 5.32 Å². The first-order valence-electron chi connectivity index (χ1n) is 6.49. The van der Waals surface area contributed by atoms with Gasteiger partial charge in [0.2, 0.25) is 5.91 Å². The van der Waals surface area contributed by atoms with E-state index in [9.17, 15) is 9.59 Å². The molecule has 1 amide bonds. The monoisotopic (exact) mass is 265 g/mol. The summed E-state index contributed by atoms with van der Waals surface area (Å²) >= 11 is 1.46. The van der Waals surface area contributed by atoms with E-state index in [1.54, 1.807) is 0 Å². The van der Waals surface area contributed by atoms with Gasteiger partial charge >= 0.3 is 0 Å². The molecule has 3 nitrogen and oxygen atoms in total. The molecule has 0 radical (unpaired) electrons. The lowest BCUT2D eigenvalue weighted by Gasteiger charge is -2.20. The second kappa shape index (κ2) is 5.65. The molecule has 4 heteroatoms. The van der Waals surface area contributed by atoms with Crippen LogP contribution in [0.3, 0.4) is 0 Å². The van der Waals surface area contributed by atoms with Gasteiger partial charge in [-0.15, -0.1) is 11.3 Å². The van der Waals surface area contributed by atoms with E-state index >= 15 is 0 Å². The van der Waals surface area contributed by atoms with E-state index in [4.69, 9.17) is 0 Å². The van der Waals surface area contributed by atoms with Crippen molar-refractivity contribution in [2.45, 2.75) is 46.0 Å². The zero-order chi connectivity index (χ0) is 13.1. The lowest BCUT2D eigenvalue weighted by atomic mass is 9.85. The molecule has 1 fully saturated rings. The SMILES string of the molecule is CC(=O)Nc1c(C)csc1C(=O)C1CCCCC1. The Morgan fingerprint density at radius 1 is 1.28 bits per heavy atom. The normalized spacial score (nSPS) is 16.6. The number of aryl methyl sites for hydroxylation is 1. The van der Waals surface area contributed by atoms with Gasteiger partial charge in [-0.25, -0.2) is 0 Å². The summed E-state index contributed by atoms with van der Waals surface area (Å²) in [5, 5.41) is 4.74. The van der Waals surface area contributed by atoms with E-state index < -0.39 is 0 Å². The Hall–Kier alpha value is -1.16. The molecule has 1 aliphatic rings. The van der Waals surface area contributed by atoms with Gasteiger partial charge in [0.25, 0.3) is 0 Å². The molecule has 1 heterocycles. The Labute approximate surface area is 112 Å². The summed E-state index contributed by atoms with van der Waals surface area (Å²) < 4.78 is 0. The Morgan fingerprint density at radius 2 is 1.94 bits per heavy atom. The third-order valence-electron chi connectivity index (χ3n) is 3.48.